The largest absolute Gasteiger partial charge is 0.334 e. The second-order valence-electron chi connectivity index (χ2n) is 6.25. The molecule has 0 spiro atoms. The maximum atomic E-state index is 13.4. The molecule has 2 aromatic heterocycles. The predicted octanol–water partition coefficient (Wildman–Crippen LogP) is 5.02. The first-order valence-electron chi connectivity index (χ1n) is 8.60. The van der Waals surface area contributed by atoms with Crippen molar-refractivity contribution in [3.63, 3.8) is 0 Å². The molecule has 152 valence electrons. The van der Waals surface area contributed by atoms with Crippen molar-refractivity contribution in [2.75, 3.05) is 5.32 Å². The third kappa shape index (κ3) is 4.13. The standard InChI is InChI=1S/C20H12BrF3N4O2/c21-13-8-11(3-5-14(13)22)19-26-20(30-27-19)17-2-1-7-28(17)10-18(29)25-12-4-6-15(23)16(24)9-12/h1-9H,10H2,(H,25,29). The van der Waals surface area contributed by atoms with Gasteiger partial charge in [-0.05, 0) is 58.4 Å². The molecule has 4 rings (SSSR count). The number of benzene rings is 2. The van der Waals surface area contributed by atoms with Gasteiger partial charge in [0.2, 0.25) is 11.7 Å². The second-order valence-corrected chi connectivity index (χ2v) is 7.10. The van der Waals surface area contributed by atoms with Crippen LogP contribution < -0.4 is 5.32 Å². The summed E-state index contributed by atoms with van der Waals surface area (Å²) in [5.41, 5.74) is 1.16. The molecule has 1 amide bonds. The van der Waals surface area contributed by atoms with Crippen LogP contribution in [0.1, 0.15) is 0 Å². The molecule has 0 aliphatic rings. The van der Waals surface area contributed by atoms with Gasteiger partial charge in [-0.15, -0.1) is 0 Å². The highest BCUT2D eigenvalue weighted by Gasteiger charge is 2.16. The number of nitrogens with one attached hydrogen (secondary N) is 1. The lowest BCUT2D eigenvalue weighted by molar-refractivity contribution is -0.116. The number of rotatable bonds is 5. The lowest BCUT2D eigenvalue weighted by atomic mass is 10.2. The van der Waals surface area contributed by atoms with Crippen molar-refractivity contribution in [3.8, 4) is 23.0 Å². The van der Waals surface area contributed by atoms with Gasteiger partial charge in [0.15, 0.2) is 11.6 Å². The normalized spacial score (nSPS) is 10.9. The Balaban J connectivity index is 1.52. The molecule has 2 aromatic carbocycles. The number of amides is 1. The van der Waals surface area contributed by atoms with E-state index in [1.165, 1.54) is 24.3 Å². The van der Waals surface area contributed by atoms with Gasteiger partial charge in [-0.1, -0.05) is 5.16 Å². The molecular formula is C20H12BrF3N4O2. The first-order chi connectivity index (χ1) is 14.4. The highest BCUT2D eigenvalue weighted by atomic mass is 79.9. The molecule has 0 saturated carbocycles. The molecule has 0 atom stereocenters. The van der Waals surface area contributed by atoms with Crippen molar-refractivity contribution < 1.29 is 22.5 Å². The predicted molar refractivity (Wildman–Crippen MR) is 106 cm³/mol. The van der Waals surface area contributed by atoms with Crippen LogP contribution in [0, 0.1) is 17.5 Å². The van der Waals surface area contributed by atoms with Gasteiger partial charge in [-0.2, -0.15) is 4.98 Å². The van der Waals surface area contributed by atoms with E-state index >= 15 is 0 Å². The highest BCUT2D eigenvalue weighted by Crippen LogP contribution is 2.26. The molecule has 0 aliphatic heterocycles. The van der Waals surface area contributed by atoms with Gasteiger partial charge in [-0.3, -0.25) is 4.79 Å². The van der Waals surface area contributed by atoms with Crippen LogP contribution in [0.5, 0.6) is 0 Å². The molecule has 0 bridgehead atoms. The topological polar surface area (TPSA) is 73.0 Å². The summed E-state index contributed by atoms with van der Waals surface area (Å²) in [5.74, 6) is -2.51. The summed E-state index contributed by atoms with van der Waals surface area (Å²) in [6.07, 6.45) is 1.64. The maximum absolute atomic E-state index is 13.4. The molecule has 10 heteroatoms. The van der Waals surface area contributed by atoms with Gasteiger partial charge in [0.25, 0.3) is 5.89 Å². The Morgan fingerprint density at radius 3 is 2.63 bits per heavy atom. The smallest absolute Gasteiger partial charge is 0.274 e. The highest BCUT2D eigenvalue weighted by molar-refractivity contribution is 9.10. The zero-order valence-electron chi connectivity index (χ0n) is 15.1. The van der Waals surface area contributed by atoms with E-state index < -0.39 is 23.4 Å². The summed E-state index contributed by atoms with van der Waals surface area (Å²) >= 11 is 3.11. The molecule has 30 heavy (non-hydrogen) atoms. The van der Waals surface area contributed by atoms with E-state index in [4.69, 9.17) is 4.52 Å². The molecule has 0 saturated heterocycles. The molecule has 0 unspecified atom stereocenters. The van der Waals surface area contributed by atoms with Crippen molar-refractivity contribution >= 4 is 27.5 Å². The Kier molecular flexibility index (Phi) is 5.40. The minimum atomic E-state index is -1.06. The second kappa shape index (κ2) is 8.15. The number of anilines is 1. The molecule has 1 N–H and O–H groups in total. The third-order valence-corrected chi connectivity index (χ3v) is 4.78. The van der Waals surface area contributed by atoms with Gasteiger partial charge >= 0.3 is 0 Å². The Labute approximate surface area is 176 Å². The first-order valence-corrected chi connectivity index (χ1v) is 9.39. The number of carbonyl (C=O) groups is 1. The van der Waals surface area contributed by atoms with Crippen molar-refractivity contribution in [1.82, 2.24) is 14.7 Å². The SMILES string of the molecule is O=C(Cn1cccc1-c1nc(-c2ccc(F)c(Br)c2)no1)Nc1ccc(F)c(F)c1. The number of halogens is 4. The maximum Gasteiger partial charge on any atom is 0.274 e. The van der Waals surface area contributed by atoms with Crippen molar-refractivity contribution in [1.29, 1.82) is 0 Å². The molecule has 0 radical (unpaired) electrons. The quantitative estimate of drug-likeness (QED) is 0.438. The van der Waals surface area contributed by atoms with Gasteiger partial charge in [-0.25, -0.2) is 13.2 Å². The summed E-state index contributed by atoms with van der Waals surface area (Å²) in [5, 5.41) is 6.39. The lowest BCUT2D eigenvalue weighted by Crippen LogP contribution is -2.19. The van der Waals surface area contributed by atoms with E-state index in [-0.39, 0.29) is 28.4 Å². The Morgan fingerprint density at radius 1 is 1.07 bits per heavy atom. The van der Waals surface area contributed by atoms with Crippen LogP contribution in [0.4, 0.5) is 18.9 Å². The third-order valence-electron chi connectivity index (χ3n) is 4.17. The van der Waals surface area contributed by atoms with Crippen molar-refractivity contribution in [2.45, 2.75) is 6.54 Å². The van der Waals surface area contributed by atoms with Crippen LogP contribution in [0.25, 0.3) is 23.0 Å². The van der Waals surface area contributed by atoms with E-state index in [1.54, 1.807) is 22.9 Å². The van der Waals surface area contributed by atoms with Crippen molar-refractivity contribution in [3.05, 3.63) is 76.7 Å². The molecule has 6 nitrogen and oxygen atoms in total. The molecule has 2 heterocycles. The summed E-state index contributed by atoms with van der Waals surface area (Å²) < 4.78 is 46.9. The van der Waals surface area contributed by atoms with Crippen LogP contribution in [-0.2, 0) is 11.3 Å². The number of hydrogen-bond acceptors (Lipinski definition) is 4. The van der Waals surface area contributed by atoms with Crippen LogP contribution in [-0.4, -0.2) is 20.6 Å². The van der Waals surface area contributed by atoms with Crippen LogP contribution >= 0.6 is 15.9 Å². The summed E-state index contributed by atoms with van der Waals surface area (Å²) in [6, 6.07) is 10.8. The van der Waals surface area contributed by atoms with E-state index in [0.29, 0.717) is 11.3 Å². The van der Waals surface area contributed by atoms with E-state index in [2.05, 4.69) is 31.4 Å². The fourth-order valence-corrected chi connectivity index (χ4v) is 3.13. The first kappa shape index (κ1) is 19.9. The minimum absolute atomic E-state index is 0.124. The van der Waals surface area contributed by atoms with Crippen molar-refractivity contribution in [2.24, 2.45) is 0 Å². The molecule has 0 aliphatic carbocycles. The van der Waals surface area contributed by atoms with Gasteiger partial charge in [0, 0.05) is 23.5 Å². The molecular weight excluding hydrogens is 465 g/mol. The molecule has 4 aromatic rings. The van der Waals surface area contributed by atoms with Crippen LogP contribution in [0.15, 0.2) is 63.7 Å². The Bertz CT molecular complexity index is 1240. The van der Waals surface area contributed by atoms with Gasteiger partial charge in [0.05, 0.1) is 4.47 Å². The van der Waals surface area contributed by atoms with E-state index in [0.717, 1.165) is 12.1 Å². The number of nitrogens with zero attached hydrogens (tertiary/aromatic N) is 3. The number of aromatic nitrogens is 3. The van der Waals surface area contributed by atoms with E-state index in [1.807, 2.05) is 0 Å². The average molecular weight is 477 g/mol. The number of hydrogen-bond donors (Lipinski definition) is 1. The lowest BCUT2D eigenvalue weighted by Gasteiger charge is -2.08. The number of carbonyl (C=O) groups excluding carboxylic acids is 1. The fourth-order valence-electron chi connectivity index (χ4n) is 2.76. The van der Waals surface area contributed by atoms with Gasteiger partial charge in [0.1, 0.15) is 18.1 Å². The fraction of sp³-hybridized carbons (Fsp3) is 0.0500. The van der Waals surface area contributed by atoms with Crippen LogP contribution in [0.2, 0.25) is 0 Å². The zero-order chi connectivity index (χ0) is 21.3. The summed E-state index contributed by atoms with van der Waals surface area (Å²) in [6.45, 7) is -0.124. The Hall–Kier alpha value is -3.40. The summed E-state index contributed by atoms with van der Waals surface area (Å²) in [4.78, 5) is 16.6. The average Bonchev–Trinajstić information content (AvgIpc) is 3.36. The Morgan fingerprint density at radius 2 is 1.87 bits per heavy atom. The monoisotopic (exact) mass is 476 g/mol. The van der Waals surface area contributed by atoms with Gasteiger partial charge < -0.3 is 14.4 Å². The van der Waals surface area contributed by atoms with Crippen LogP contribution in [0.3, 0.4) is 0 Å². The minimum Gasteiger partial charge on any atom is -0.334 e. The van der Waals surface area contributed by atoms with E-state index in [9.17, 15) is 18.0 Å². The zero-order valence-corrected chi connectivity index (χ0v) is 16.7. The summed E-state index contributed by atoms with van der Waals surface area (Å²) in [7, 11) is 0. The molecule has 0 fully saturated rings.